The highest BCUT2D eigenvalue weighted by Gasteiger charge is 2.19. The van der Waals surface area contributed by atoms with E-state index in [1.54, 1.807) is 30.3 Å². The fourth-order valence-corrected chi connectivity index (χ4v) is 2.91. The third-order valence-corrected chi connectivity index (χ3v) is 4.47. The Morgan fingerprint density at radius 2 is 1.61 bits per heavy atom. The van der Waals surface area contributed by atoms with Gasteiger partial charge in [0, 0.05) is 27.8 Å². The van der Waals surface area contributed by atoms with Crippen molar-refractivity contribution < 1.29 is 14.5 Å². The van der Waals surface area contributed by atoms with Crippen LogP contribution in [-0.4, -0.2) is 16.6 Å². The van der Waals surface area contributed by atoms with Crippen molar-refractivity contribution >= 4 is 46.3 Å². The van der Waals surface area contributed by atoms with E-state index in [0.717, 1.165) is 6.07 Å². The highest BCUT2D eigenvalue weighted by molar-refractivity contribution is 6.33. The van der Waals surface area contributed by atoms with Gasteiger partial charge in [-0.3, -0.25) is 19.7 Å². The number of nitro groups is 1. The summed E-state index contributed by atoms with van der Waals surface area (Å²) >= 11 is 11.8. The van der Waals surface area contributed by atoms with Crippen LogP contribution in [0.3, 0.4) is 0 Å². The summed E-state index contributed by atoms with van der Waals surface area (Å²) in [4.78, 5) is 35.7. The normalized spacial score (nSPS) is 10.4. The SMILES string of the molecule is O=C(Nc1ccc(Cl)cc1C(=O)c1ccccc1)c1ccc(Cl)c([N+](=O)[O-])c1. The lowest BCUT2D eigenvalue weighted by Gasteiger charge is -2.11. The van der Waals surface area contributed by atoms with Gasteiger partial charge in [-0.15, -0.1) is 0 Å². The number of carbonyl (C=O) groups is 2. The lowest BCUT2D eigenvalue weighted by atomic mass is 10.0. The number of rotatable bonds is 5. The quantitative estimate of drug-likeness (QED) is 0.344. The second-order valence-electron chi connectivity index (χ2n) is 5.76. The molecule has 3 rings (SSSR count). The minimum atomic E-state index is -0.675. The lowest BCUT2D eigenvalue weighted by molar-refractivity contribution is -0.384. The first-order valence-electron chi connectivity index (χ1n) is 8.01. The van der Waals surface area contributed by atoms with Gasteiger partial charge in [0.15, 0.2) is 5.78 Å². The van der Waals surface area contributed by atoms with Crippen LogP contribution in [0.1, 0.15) is 26.3 Å². The molecular weight excluding hydrogens is 403 g/mol. The molecule has 28 heavy (non-hydrogen) atoms. The van der Waals surface area contributed by atoms with Gasteiger partial charge in [-0.2, -0.15) is 0 Å². The Kier molecular flexibility index (Phi) is 5.73. The van der Waals surface area contributed by atoms with E-state index in [0.29, 0.717) is 10.6 Å². The molecule has 0 bridgehead atoms. The fraction of sp³-hybridized carbons (Fsp3) is 0. The van der Waals surface area contributed by atoms with Crippen LogP contribution in [0.15, 0.2) is 66.7 Å². The molecule has 0 radical (unpaired) electrons. The molecule has 0 atom stereocenters. The molecule has 3 aromatic carbocycles. The fourth-order valence-electron chi connectivity index (χ4n) is 2.55. The number of hydrogen-bond donors (Lipinski definition) is 1. The summed E-state index contributed by atoms with van der Waals surface area (Å²) < 4.78 is 0. The number of halogens is 2. The number of nitrogens with zero attached hydrogens (tertiary/aromatic N) is 1. The molecule has 0 fully saturated rings. The minimum Gasteiger partial charge on any atom is -0.321 e. The smallest absolute Gasteiger partial charge is 0.288 e. The number of anilines is 1. The van der Waals surface area contributed by atoms with Gasteiger partial charge in [0.25, 0.3) is 11.6 Å². The molecule has 6 nitrogen and oxygen atoms in total. The van der Waals surface area contributed by atoms with Crippen LogP contribution < -0.4 is 5.32 Å². The Morgan fingerprint density at radius 3 is 2.29 bits per heavy atom. The molecule has 0 saturated heterocycles. The highest BCUT2D eigenvalue weighted by Crippen LogP contribution is 2.27. The summed E-state index contributed by atoms with van der Waals surface area (Å²) in [5, 5.41) is 13.9. The Hall–Kier alpha value is -3.22. The summed E-state index contributed by atoms with van der Waals surface area (Å²) in [6.07, 6.45) is 0. The lowest BCUT2D eigenvalue weighted by Crippen LogP contribution is -2.15. The molecule has 0 aromatic heterocycles. The number of nitro benzene ring substituents is 1. The van der Waals surface area contributed by atoms with Crippen LogP contribution in [0.5, 0.6) is 0 Å². The maximum Gasteiger partial charge on any atom is 0.288 e. The maximum absolute atomic E-state index is 12.8. The summed E-state index contributed by atoms with van der Waals surface area (Å²) in [5.41, 5.74) is 0.522. The average molecular weight is 415 g/mol. The Labute approximate surface area is 169 Å². The molecule has 0 aliphatic heterocycles. The zero-order chi connectivity index (χ0) is 20.3. The zero-order valence-corrected chi connectivity index (χ0v) is 15.7. The monoisotopic (exact) mass is 414 g/mol. The van der Waals surface area contributed by atoms with Gasteiger partial charge >= 0.3 is 0 Å². The van der Waals surface area contributed by atoms with Gasteiger partial charge in [0.05, 0.1) is 10.6 Å². The molecule has 8 heteroatoms. The predicted molar refractivity (Wildman–Crippen MR) is 107 cm³/mol. The highest BCUT2D eigenvalue weighted by atomic mass is 35.5. The largest absolute Gasteiger partial charge is 0.321 e. The molecule has 0 spiro atoms. The van der Waals surface area contributed by atoms with E-state index in [1.807, 2.05) is 0 Å². The van der Waals surface area contributed by atoms with E-state index >= 15 is 0 Å². The number of ketones is 1. The van der Waals surface area contributed by atoms with Crippen LogP contribution >= 0.6 is 23.2 Å². The van der Waals surface area contributed by atoms with Gasteiger partial charge in [-0.1, -0.05) is 53.5 Å². The van der Waals surface area contributed by atoms with Crippen molar-refractivity contribution in [2.45, 2.75) is 0 Å². The van der Waals surface area contributed by atoms with E-state index in [2.05, 4.69) is 5.32 Å². The average Bonchev–Trinajstić information content (AvgIpc) is 2.69. The molecule has 0 saturated carbocycles. The topological polar surface area (TPSA) is 89.3 Å². The van der Waals surface area contributed by atoms with Gasteiger partial charge < -0.3 is 5.32 Å². The Balaban J connectivity index is 1.95. The van der Waals surface area contributed by atoms with Crippen molar-refractivity contribution in [1.29, 1.82) is 0 Å². The minimum absolute atomic E-state index is 0.0316. The third kappa shape index (κ3) is 4.19. The van der Waals surface area contributed by atoms with Gasteiger partial charge in [0.2, 0.25) is 0 Å². The predicted octanol–water partition coefficient (Wildman–Crippen LogP) is 5.38. The molecule has 0 heterocycles. The van der Waals surface area contributed by atoms with E-state index < -0.39 is 10.8 Å². The van der Waals surface area contributed by atoms with Crippen LogP contribution in [0, 0.1) is 10.1 Å². The number of benzene rings is 3. The molecule has 140 valence electrons. The second kappa shape index (κ2) is 8.21. The number of amides is 1. The first-order valence-corrected chi connectivity index (χ1v) is 8.77. The first kappa shape index (κ1) is 19.5. The van der Waals surface area contributed by atoms with Crippen molar-refractivity contribution in [3.8, 4) is 0 Å². The molecular formula is C20H12Cl2N2O4. The van der Waals surface area contributed by atoms with Gasteiger partial charge in [-0.25, -0.2) is 0 Å². The number of hydrogen-bond acceptors (Lipinski definition) is 4. The second-order valence-corrected chi connectivity index (χ2v) is 6.61. The van der Waals surface area contributed by atoms with Gasteiger partial charge in [0.1, 0.15) is 5.02 Å². The van der Waals surface area contributed by atoms with Gasteiger partial charge in [-0.05, 0) is 30.3 Å². The molecule has 3 aromatic rings. The van der Waals surface area contributed by atoms with Crippen molar-refractivity contribution in [1.82, 2.24) is 0 Å². The standard InChI is InChI=1S/C20H12Cl2N2O4/c21-14-7-9-17(15(11-14)19(25)12-4-2-1-3-5-12)23-20(26)13-6-8-16(22)18(10-13)24(27)28/h1-11H,(H,23,26). The van der Waals surface area contributed by atoms with Crippen LogP contribution in [0.2, 0.25) is 10.0 Å². The summed E-state index contributed by atoms with van der Waals surface area (Å²) in [6, 6.07) is 16.7. The zero-order valence-electron chi connectivity index (χ0n) is 14.2. The van der Waals surface area contributed by atoms with E-state index in [1.165, 1.54) is 30.3 Å². The van der Waals surface area contributed by atoms with Crippen molar-refractivity contribution in [2.24, 2.45) is 0 Å². The molecule has 0 aliphatic rings. The number of carbonyl (C=O) groups excluding carboxylic acids is 2. The van der Waals surface area contributed by atoms with Crippen LogP contribution in [0.4, 0.5) is 11.4 Å². The Bertz CT molecular complexity index is 1080. The van der Waals surface area contributed by atoms with E-state index in [-0.39, 0.29) is 33.3 Å². The van der Waals surface area contributed by atoms with E-state index in [9.17, 15) is 19.7 Å². The molecule has 1 N–H and O–H groups in total. The summed E-state index contributed by atoms with van der Waals surface area (Å²) in [6.45, 7) is 0. The maximum atomic E-state index is 12.8. The van der Waals surface area contributed by atoms with Crippen LogP contribution in [0.25, 0.3) is 0 Å². The van der Waals surface area contributed by atoms with Crippen molar-refractivity contribution in [3.05, 3.63) is 104 Å². The van der Waals surface area contributed by atoms with Crippen molar-refractivity contribution in [3.63, 3.8) is 0 Å². The summed E-state index contributed by atoms with van der Waals surface area (Å²) in [7, 11) is 0. The van der Waals surface area contributed by atoms with Crippen molar-refractivity contribution in [2.75, 3.05) is 5.32 Å². The first-order chi connectivity index (χ1) is 13.4. The third-order valence-electron chi connectivity index (χ3n) is 3.92. The molecule has 0 aliphatic carbocycles. The van der Waals surface area contributed by atoms with Crippen LogP contribution in [-0.2, 0) is 0 Å². The molecule has 0 unspecified atom stereocenters. The molecule has 1 amide bonds. The Morgan fingerprint density at radius 1 is 0.893 bits per heavy atom. The van der Waals surface area contributed by atoms with E-state index in [4.69, 9.17) is 23.2 Å². The summed E-state index contributed by atoms with van der Waals surface area (Å²) in [5.74, 6) is -0.940. The number of nitrogens with one attached hydrogen (secondary N) is 1.